The Balaban J connectivity index is 2.46. The first-order valence-electron chi connectivity index (χ1n) is 11.6. The van der Waals surface area contributed by atoms with Crippen molar-refractivity contribution in [3.8, 4) is 0 Å². The van der Waals surface area contributed by atoms with Gasteiger partial charge in [0.25, 0.3) is 0 Å². The molecule has 2 atom stereocenters. The molecule has 0 aromatic carbocycles. The molecule has 0 aromatic heterocycles. The summed E-state index contributed by atoms with van der Waals surface area (Å²) in [6.07, 6.45) is 13.7. The molecule has 0 amide bonds. The lowest BCUT2D eigenvalue weighted by molar-refractivity contribution is -0.259. The molecule has 0 spiro atoms. The second kappa shape index (κ2) is 15.7. The first-order chi connectivity index (χ1) is 13.2. The summed E-state index contributed by atoms with van der Waals surface area (Å²) in [5.41, 5.74) is 0. The lowest BCUT2D eigenvalue weighted by Gasteiger charge is -2.38. The largest absolute Gasteiger partial charge is 0.379 e. The zero-order valence-electron chi connectivity index (χ0n) is 18.6. The van der Waals surface area contributed by atoms with Gasteiger partial charge in [0.2, 0.25) is 0 Å². The molecule has 1 fully saturated rings. The van der Waals surface area contributed by atoms with E-state index in [1.54, 1.807) is 0 Å². The molecule has 4 nitrogen and oxygen atoms in total. The lowest BCUT2D eigenvalue weighted by atomic mass is 9.88. The summed E-state index contributed by atoms with van der Waals surface area (Å²) in [4.78, 5) is 0. The van der Waals surface area contributed by atoms with Crippen molar-refractivity contribution in [1.29, 1.82) is 0 Å². The zero-order valence-corrected chi connectivity index (χ0v) is 18.6. The van der Waals surface area contributed by atoms with Crippen LogP contribution >= 0.6 is 0 Å². The van der Waals surface area contributed by atoms with Crippen LogP contribution in [0.2, 0.25) is 0 Å². The molecule has 1 aliphatic heterocycles. The highest BCUT2D eigenvalue weighted by molar-refractivity contribution is 4.77. The second-order valence-corrected chi connectivity index (χ2v) is 8.14. The number of epoxide rings is 1. The number of ether oxygens (including phenoxy) is 4. The van der Waals surface area contributed by atoms with Crippen LogP contribution in [0.5, 0.6) is 0 Å². The van der Waals surface area contributed by atoms with E-state index in [-0.39, 0.29) is 0 Å². The fraction of sp³-hybridized carbons (Fsp3) is 1.00. The minimum absolute atomic E-state index is 0.356. The molecular weight excluding hydrogens is 340 g/mol. The van der Waals surface area contributed by atoms with Gasteiger partial charge in [-0.25, -0.2) is 0 Å². The zero-order chi connectivity index (χ0) is 19.8. The molecule has 0 N–H and O–H groups in total. The number of hydrogen-bond acceptors (Lipinski definition) is 4. The molecule has 0 bridgehead atoms. The van der Waals surface area contributed by atoms with Crippen molar-refractivity contribution in [2.45, 2.75) is 110 Å². The van der Waals surface area contributed by atoms with Crippen LogP contribution in [0, 0.1) is 5.92 Å². The Kier molecular flexibility index (Phi) is 14.5. The van der Waals surface area contributed by atoms with E-state index in [2.05, 4.69) is 27.7 Å². The summed E-state index contributed by atoms with van der Waals surface area (Å²) < 4.78 is 23.5. The number of unbranched alkanes of at least 4 members (excludes halogenated alkanes) is 5. The van der Waals surface area contributed by atoms with E-state index >= 15 is 0 Å². The van der Waals surface area contributed by atoms with Crippen molar-refractivity contribution >= 4 is 0 Å². The SMILES string of the molecule is CCCCCCCC[C@H](CCCOCC1CO1)C(C)(OCCC)OCCC. The van der Waals surface area contributed by atoms with E-state index in [9.17, 15) is 0 Å². The monoisotopic (exact) mass is 386 g/mol. The van der Waals surface area contributed by atoms with Crippen LogP contribution in [0.4, 0.5) is 0 Å². The van der Waals surface area contributed by atoms with Gasteiger partial charge in [0, 0.05) is 25.7 Å². The number of hydrogen-bond donors (Lipinski definition) is 0. The van der Waals surface area contributed by atoms with E-state index in [1.807, 2.05) is 0 Å². The highest BCUT2D eigenvalue weighted by Gasteiger charge is 2.35. The van der Waals surface area contributed by atoms with Crippen LogP contribution in [0.25, 0.3) is 0 Å². The maximum absolute atomic E-state index is 6.26. The Hall–Kier alpha value is -0.160. The van der Waals surface area contributed by atoms with Crippen molar-refractivity contribution in [3.05, 3.63) is 0 Å². The molecule has 1 unspecified atom stereocenters. The first-order valence-corrected chi connectivity index (χ1v) is 11.6. The topological polar surface area (TPSA) is 40.2 Å². The Morgan fingerprint density at radius 1 is 0.815 bits per heavy atom. The maximum Gasteiger partial charge on any atom is 0.168 e. The molecule has 4 heteroatoms. The second-order valence-electron chi connectivity index (χ2n) is 8.14. The first kappa shape index (κ1) is 24.9. The summed E-state index contributed by atoms with van der Waals surface area (Å²) in [6, 6.07) is 0. The van der Waals surface area contributed by atoms with Crippen LogP contribution in [0.15, 0.2) is 0 Å². The summed E-state index contributed by atoms with van der Waals surface area (Å²) in [5.74, 6) is -0.0303. The van der Waals surface area contributed by atoms with Gasteiger partial charge in [-0.3, -0.25) is 0 Å². The highest BCUT2D eigenvalue weighted by atomic mass is 16.7. The van der Waals surface area contributed by atoms with Crippen molar-refractivity contribution in [2.75, 3.05) is 33.0 Å². The third-order valence-electron chi connectivity index (χ3n) is 5.38. The van der Waals surface area contributed by atoms with Crippen molar-refractivity contribution in [3.63, 3.8) is 0 Å². The van der Waals surface area contributed by atoms with Crippen LogP contribution in [-0.2, 0) is 18.9 Å². The van der Waals surface area contributed by atoms with Gasteiger partial charge in [0.05, 0.1) is 13.2 Å². The van der Waals surface area contributed by atoms with Gasteiger partial charge < -0.3 is 18.9 Å². The summed E-state index contributed by atoms with van der Waals surface area (Å²) >= 11 is 0. The number of rotatable bonds is 20. The van der Waals surface area contributed by atoms with E-state index in [1.165, 1.54) is 44.9 Å². The van der Waals surface area contributed by atoms with Gasteiger partial charge in [-0.1, -0.05) is 59.3 Å². The summed E-state index contributed by atoms with van der Waals surface area (Å²) in [6.45, 7) is 12.7. The molecule has 1 rings (SSSR count). The van der Waals surface area contributed by atoms with Crippen LogP contribution in [-0.4, -0.2) is 44.9 Å². The average molecular weight is 387 g/mol. The molecule has 0 aliphatic carbocycles. The van der Waals surface area contributed by atoms with Gasteiger partial charge in [0.15, 0.2) is 5.79 Å². The predicted octanol–water partition coefficient (Wildman–Crippen LogP) is 6.12. The third kappa shape index (κ3) is 12.1. The van der Waals surface area contributed by atoms with E-state index < -0.39 is 5.79 Å². The average Bonchev–Trinajstić information content (AvgIpc) is 3.49. The van der Waals surface area contributed by atoms with Gasteiger partial charge >= 0.3 is 0 Å². The molecule has 1 saturated heterocycles. The van der Waals surface area contributed by atoms with E-state index in [4.69, 9.17) is 18.9 Å². The van der Waals surface area contributed by atoms with Gasteiger partial charge in [-0.15, -0.1) is 0 Å². The van der Waals surface area contributed by atoms with Crippen LogP contribution < -0.4 is 0 Å². The lowest BCUT2D eigenvalue weighted by Crippen LogP contribution is -2.41. The Bertz CT molecular complexity index is 322. The van der Waals surface area contributed by atoms with Crippen molar-refractivity contribution in [1.82, 2.24) is 0 Å². The highest BCUT2D eigenvalue weighted by Crippen LogP contribution is 2.33. The molecule has 1 heterocycles. The van der Waals surface area contributed by atoms with Crippen molar-refractivity contribution < 1.29 is 18.9 Å². The third-order valence-corrected chi connectivity index (χ3v) is 5.38. The Morgan fingerprint density at radius 2 is 1.41 bits per heavy atom. The van der Waals surface area contributed by atoms with E-state index in [0.29, 0.717) is 12.0 Å². The maximum atomic E-state index is 6.26. The molecule has 0 saturated carbocycles. The fourth-order valence-electron chi connectivity index (χ4n) is 3.54. The molecule has 162 valence electrons. The van der Waals surface area contributed by atoms with Gasteiger partial charge in [0.1, 0.15) is 6.10 Å². The standard InChI is InChI=1S/C23H46O4/c1-5-8-9-10-11-12-14-21(15-13-18-24-19-22-20-25-22)23(4,26-16-6-2)27-17-7-3/h21-22H,5-20H2,1-4H3/t21-,22?/m1/s1. The van der Waals surface area contributed by atoms with Gasteiger partial charge in [-0.2, -0.15) is 0 Å². The molecule has 1 aliphatic rings. The summed E-state index contributed by atoms with van der Waals surface area (Å²) in [7, 11) is 0. The molecule has 27 heavy (non-hydrogen) atoms. The van der Waals surface area contributed by atoms with E-state index in [0.717, 1.165) is 58.7 Å². The minimum Gasteiger partial charge on any atom is -0.379 e. The fourth-order valence-corrected chi connectivity index (χ4v) is 3.54. The van der Waals surface area contributed by atoms with Crippen LogP contribution in [0.3, 0.4) is 0 Å². The molecular formula is C23H46O4. The molecule has 0 aromatic rings. The van der Waals surface area contributed by atoms with Crippen molar-refractivity contribution in [2.24, 2.45) is 5.92 Å². The smallest absolute Gasteiger partial charge is 0.168 e. The van der Waals surface area contributed by atoms with Crippen LogP contribution in [0.1, 0.15) is 98.3 Å². The Labute approximate surface area is 168 Å². The molecule has 0 radical (unpaired) electrons. The Morgan fingerprint density at radius 3 is 2.00 bits per heavy atom. The minimum atomic E-state index is -0.463. The normalized spacial score (nSPS) is 18.0. The summed E-state index contributed by atoms with van der Waals surface area (Å²) in [5, 5.41) is 0. The predicted molar refractivity (Wildman–Crippen MR) is 112 cm³/mol. The quantitative estimate of drug-likeness (QED) is 0.144. The van der Waals surface area contributed by atoms with Gasteiger partial charge in [-0.05, 0) is 39.0 Å².